The summed E-state index contributed by atoms with van der Waals surface area (Å²) in [5.41, 5.74) is 2.48. The number of rotatable bonds is 4. The molecular weight excluding hydrogens is 272 g/mol. The van der Waals surface area contributed by atoms with E-state index in [4.69, 9.17) is 5.11 Å². The minimum atomic E-state index is -0.870. The first kappa shape index (κ1) is 12.9. The maximum absolute atomic E-state index is 11.2. The van der Waals surface area contributed by atoms with Crippen LogP contribution in [0.15, 0.2) is 18.2 Å². The average Bonchev–Trinajstić information content (AvgIpc) is 2.14. The van der Waals surface area contributed by atoms with Crippen molar-refractivity contribution in [1.82, 2.24) is 0 Å². The summed E-state index contributed by atoms with van der Waals surface area (Å²) >= 11 is 3.29. The van der Waals surface area contributed by atoms with Gasteiger partial charge in [0, 0.05) is 0 Å². The van der Waals surface area contributed by atoms with E-state index in [-0.39, 0.29) is 17.0 Å². The molecule has 0 aliphatic rings. The summed E-state index contributed by atoms with van der Waals surface area (Å²) in [6.07, 6.45) is -0.0215. The number of aliphatic carboxylic acids is 1. The third-order valence-corrected chi connectivity index (χ3v) is 3.34. The van der Waals surface area contributed by atoms with E-state index in [1.165, 1.54) is 6.92 Å². The number of benzene rings is 1. The van der Waals surface area contributed by atoms with Crippen molar-refractivity contribution < 1.29 is 14.7 Å². The molecule has 0 aliphatic carbocycles. The Hall–Kier alpha value is -1.16. The second-order valence-electron chi connectivity index (χ2n) is 3.80. The fourth-order valence-electron chi connectivity index (χ4n) is 1.55. The molecule has 0 fully saturated rings. The molecule has 4 heteroatoms. The van der Waals surface area contributed by atoms with Crippen LogP contribution >= 0.6 is 15.9 Å². The van der Waals surface area contributed by atoms with E-state index >= 15 is 0 Å². The van der Waals surface area contributed by atoms with Crippen molar-refractivity contribution in [2.24, 2.45) is 0 Å². The summed E-state index contributed by atoms with van der Waals surface area (Å²) in [5.74, 6) is -0.864. The summed E-state index contributed by atoms with van der Waals surface area (Å²) in [6, 6.07) is 5.45. The quantitative estimate of drug-likeness (QED) is 0.865. The minimum absolute atomic E-state index is 0.00637. The van der Waals surface area contributed by atoms with Crippen molar-refractivity contribution in [1.29, 1.82) is 0 Å². The first-order valence-electron chi connectivity index (χ1n) is 4.87. The first-order chi connectivity index (χ1) is 7.40. The largest absolute Gasteiger partial charge is 0.481 e. The number of carboxylic acid groups (broad SMARTS) is 1. The molecule has 0 heterocycles. The van der Waals surface area contributed by atoms with Crippen molar-refractivity contribution in [3.8, 4) is 0 Å². The van der Waals surface area contributed by atoms with E-state index in [1.54, 1.807) is 6.07 Å². The van der Waals surface area contributed by atoms with Gasteiger partial charge in [0.15, 0.2) is 0 Å². The molecule has 1 rings (SSSR count). The summed E-state index contributed by atoms with van der Waals surface area (Å²) in [6.45, 7) is 3.38. The Labute approximate surface area is 103 Å². The van der Waals surface area contributed by atoms with Crippen molar-refractivity contribution in [3.05, 3.63) is 34.9 Å². The van der Waals surface area contributed by atoms with Gasteiger partial charge in [-0.2, -0.15) is 0 Å². The van der Waals surface area contributed by atoms with E-state index in [0.29, 0.717) is 5.56 Å². The van der Waals surface area contributed by atoms with Gasteiger partial charge in [0.2, 0.25) is 0 Å². The lowest BCUT2D eigenvalue weighted by Crippen LogP contribution is -2.05. The molecule has 1 N–H and O–H groups in total. The number of carbonyl (C=O) groups excluding carboxylic acids is 1. The SMILES string of the molecule is CC(=O)C(Br)c1cc(C)cc(CC(=O)O)c1. The topological polar surface area (TPSA) is 54.4 Å². The van der Waals surface area contributed by atoms with Crippen LogP contribution in [0.4, 0.5) is 0 Å². The molecule has 1 aromatic carbocycles. The Morgan fingerprint density at radius 2 is 2.00 bits per heavy atom. The summed E-state index contributed by atoms with van der Waals surface area (Å²) < 4.78 is 0. The molecule has 0 spiro atoms. The van der Waals surface area contributed by atoms with Gasteiger partial charge < -0.3 is 5.11 Å². The third-order valence-electron chi connectivity index (χ3n) is 2.16. The standard InChI is InChI=1S/C12H13BrO3/c1-7-3-9(6-11(15)16)5-10(4-7)12(13)8(2)14/h3-5,12H,6H2,1-2H3,(H,15,16). The second kappa shape index (κ2) is 5.25. The molecule has 1 unspecified atom stereocenters. The Kier molecular flexibility index (Phi) is 4.24. The minimum Gasteiger partial charge on any atom is -0.481 e. The second-order valence-corrected chi connectivity index (χ2v) is 4.71. The number of ketones is 1. The molecule has 3 nitrogen and oxygen atoms in total. The number of halogens is 1. The Morgan fingerprint density at radius 3 is 2.50 bits per heavy atom. The van der Waals surface area contributed by atoms with Crippen LogP contribution in [0.1, 0.15) is 28.4 Å². The number of aryl methyl sites for hydroxylation is 1. The van der Waals surface area contributed by atoms with Gasteiger partial charge in [-0.1, -0.05) is 39.7 Å². The molecule has 0 saturated carbocycles. The number of carbonyl (C=O) groups is 2. The lowest BCUT2D eigenvalue weighted by atomic mass is 10.0. The highest BCUT2D eigenvalue weighted by Crippen LogP contribution is 2.25. The van der Waals surface area contributed by atoms with Gasteiger partial charge in [-0.25, -0.2) is 0 Å². The van der Waals surface area contributed by atoms with Crippen molar-refractivity contribution in [3.63, 3.8) is 0 Å². The third kappa shape index (κ3) is 3.45. The Bertz CT molecular complexity index is 426. The number of Topliss-reactive ketones (excluding diaryl/α,β-unsaturated/α-hetero) is 1. The summed E-state index contributed by atoms with van der Waals surface area (Å²) in [7, 11) is 0. The van der Waals surface area contributed by atoms with Crippen molar-refractivity contribution in [2.45, 2.75) is 25.1 Å². The highest BCUT2D eigenvalue weighted by atomic mass is 79.9. The maximum atomic E-state index is 11.2. The van der Waals surface area contributed by atoms with Crippen molar-refractivity contribution >= 4 is 27.7 Å². The van der Waals surface area contributed by atoms with Crippen LogP contribution in [-0.2, 0) is 16.0 Å². The molecular formula is C12H13BrO3. The number of carboxylic acids is 1. The smallest absolute Gasteiger partial charge is 0.307 e. The van der Waals surface area contributed by atoms with Crippen LogP contribution in [0.25, 0.3) is 0 Å². The number of hydrogen-bond acceptors (Lipinski definition) is 2. The molecule has 0 aliphatic heterocycles. The van der Waals surface area contributed by atoms with E-state index in [0.717, 1.165) is 11.1 Å². The molecule has 0 amide bonds. The predicted molar refractivity (Wildman–Crippen MR) is 64.9 cm³/mol. The normalized spacial score (nSPS) is 12.2. The van der Waals surface area contributed by atoms with Crippen LogP contribution in [0, 0.1) is 6.92 Å². The van der Waals surface area contributed by atoms with Gasteiger partial charge in [-0.3, -0.25) is 9.59 Å². The van der Waals surface area contributed by atoms with Crippen LogP contribution in [0.3, 0.4) is 0 Å². The predicted octanol–water partition coefficient (Wildman–Crippen LogP) is 2.65. The Morgan fingerprint density at radius 1 is 1.38 bits per heavy atom. The molecule has 0 radical (unpaired) electrons. The molecule has 1 atom stereocenters. The fourth-order valence-corrected chi connectivity index (χ4v) is 1.82. The van der Waals surface area contributed by atoms with Crippen LogP contribution < -0.4 is 0 Å². The van der Waals surface area contributed by atoms with Crippen LogP contribution in [-0.4, -0.2) is 16.9 Å². The van der Waals surface area contributed by atoms with Gasteiger partial charge in [0.05, 0.1) is 11.2 Å². The lowest BCUT2D eigenvalue weighted by molar-refractivity contribution is -0.136. The maximum Gasteiger partial charge on any atom is 0.307 e. The number of hydrogen-bond donors (Lipinski definition) is 1. The van der Waals surface area contributed by atoms with E-state index in [9.17, 15) is 9.59 Å². The molecule has 1 aromatic rings. The molecule has 86 valence electrons. The monoisotopic (exact) mass is 284 g/mol. The zero-order valence-corrected chi connectivity index (χ0v) is 10.7. The van der Waals surface area contributed by atoms with E-state index in [2.05, 4.69) is 15.9 Å². The zero-order chi connectivity index (χ0) is 12.3. The summed E-state index contributed by atoms with van der Waals surface area (Å²) in [5, 5.41) is 8.72. The van der Waals surface area contributed by atoms with Gasteiger partial charge in [-0.15, -0.1) is 0 Å². The van der Waals surface area contributed by atoms with Gasteiger partial charge >= 0.3 is 5.97 Å². The van der Waals surface area contributed by atoms with E-state index < -0.39 is 5.97 Å². The van der Waals surface area contributed by atoms with Gasteiger partial charge in [0.1, 0.15) is 5.78 Å². The van der Waals surface area contributed by atoms with Gasteiger partial charge in [-0.05, 0) is 25.0 Å². The van der Waals surface area contributed by atoms with Crippen LogP contribution in [0.2, 0.25) is 0 Å². The Balaban J connectivity index is 3.07. The average molecular weight is 285 g/mol. The van der Waals surface area contributed by atoms with Gasteiger partial charge in [0.25, 0.3) is 0 Å². The molecule has 0 bridgehead atoms. The zero-order valence-electron chi connectivity index (χ0n) is 9.16. The number of alkyl halides is 1. The first-order valence-corrected chi connectivity index (χ1v) is 5.78. The van der Waals surface area contributed by atoms with E-state index in [1.807, 2.05) is 19.1 Å². The molecule has 0 saturated heterocycles. The summed E-state index contributed by atoms with van der Waals surface area (Å²) in [4.78, 5) is 21.5. The van der Waals surface area contributed by atoms with Crippen LogP contribution in [0.5, 0.6) is 0 Å². The highest BCUT2D eigenvalue weighted by molar-refractivity contribution is 9.09. The van der Waals surface area contributed by atoms with Crippen molar-refractivity contribution in [2.75, 3.05) is 0 Å². The lowest BCUT2D eigenvalue weighted by Gasteiger charge is -2.09. The molecule has 0 aromatic heterocycles. The highest BCUT2D eigenvalue weighted by Gasteiger charge is 2.14. The fraction of sp³-hybridized carbons (Fsp3) is 0.333. The molecule has 16 heavy (non-hydrogen) atoms.